The van der Waals surface area contributed by atoms with Crippen molar-refractivity contribution in [2.24, 2.45) is 0 Å². The number of pyridine rings is 2. The number of hydrogen-bond acceptors (Lipinski definition) is 6. The zero-order chi connectivity index (χ0) is 22.1. The van der Waals surface area contributed by atoms with E-state index in [2.05, 4.69) is 37.3 Å². The van der Waals surface area contributed by atoms with Crippen molar-refractivity contribution in [3.05, 3.63) is 83.1 Å². The third-order valence-corrected chi connectivity index (χ3v) is 5.35. The second-order valence-electron chi connectivity index (χ2n) is 7.46. The number of aryl methyl sites for hydroxylation is 1. The maximum atomic E-state index is 12.7. The summed E-state index contributed by atoms with van der Waals surface area (Å²) < 4.78 is 0. The lowest BCUT2D eigenvalue weighted by Crippen LogP contribution is -2.21. The Morgan fingerprint density at radius 3 is 3.00 bits per heavy atom. The van der Waals surface area contributed by atoms with Crippen LogP contribution in [0.3, 0.4) is 0 Å². The summed E-state index contributed by atoms with van der Waals surface area (Å²) >= 11 is 0. The van der Waals surface area contributed by atoms with Crippen molar-refractivity contribution in [1.29, 1.82) is 5.26 Å². The molecule has 3 N–H and O–H groups in total. The van der Waals surface area contributed by atoms with Crippen LogP contribution in [0.4, 0.5) is 5.69 Å². The van der Waals surface area contributed by atoms with Crippen LogP contribution >= 0.6 is 0 Å². The van der Waals surface area contributed by atoms with Gasteiger partial charge in [0.25, 0.3) is 5.91 Å². The van der Waals surface area contributed by atoms with Crippen LogP contribution in [-0.4, -0.2) is 31.2 Å². The van der Waals surface area contributed by atoms with Crippen LogP contribution in [0.2, 0.25) is 0 Å². The number of aromatic nitrogens is 4. The van der Waals surface area contributed by atoms with Crippen molar-refractivity contribution in [2.45, 2.75) is 18.4 Å². The van der Waals surface area contributed by atoms with Gasteiger partial charge in [-0.15, -0.1) is 0 Å². The summed E-state index contributed by atoms with van der Waals surface area (Å²) in [6.45, 7) is 0. The topological polar surface area (TPSA) is 128 Å². The van der Waals surface area contributed by atoms with Gasteiger partial charge >= 0.3 is 0 Å². The van der Waals surface area contributed by atoms with Crippen LogP contribution in [0, 0.1) is 23.2 Å². The molecule has 1 aromatic carbocycles. The fourth-order valence-electron chi connectivity index (χ4n) is 3.76. The molecule has 0 bridgehead atoms. The first-order chi connectivity index (χ1) is 15.6. The fraction of sp³-hybridized carbons (Fsp3) is 0.125. The number of fused-ring (bicyclic) bond motifs is 2. The number of hydrogen-bond donors (Lipinski definition) is 3. The highest BCUT2D eigenvalue weighted by Gasteiger charge is 2.36. The average Bonchev–Trinajstić information content (AvgIpc) is 3.39. The molecule has 154 valence electrons. The Balaban J connectivity index is 1.38. The molecule has 8 nitrogen and oxygen atoms in total. The van der Waals surface area contributed by atoms with E-state index in [0.717, 1.165) is 12.0 Å². The molecule has 1 aliphatic carbocycles. The van der Waals surface area contributed by atoms with E-state index in [-0.39, 0.29) is 11.4 Å². The first kappa shape index (κ1) is 19.4. The molecular weight excluding hydrogens is 404 g/mol. The van der Waals surface area contributed by atoms with Gasteiger partial charge in [0, 0.05) is 29.7 Å². The summed E-state index contributed by atoms with van der Waals surface area (Å²) in [6, 6.07) is 14.3. The minimum Gasteiger partial charge on any atom is -0.372 e. The number of carbonyl (C=O) groups excluding carboxylic acids is 1. The summed E-state index contributed by atoms with van der Waals surface area (Å²) in [4.78, 5) is 21.0. The molecule has 4 aromatic rings. The van der Waals surface area contributed by atoms with Crippen LogP contribution in [0.5, 0.6) is 0 Å². The Labute approximate surface area is 183 Å². The Hall–Kier alpha value is -4.53. The molecule has 0 unspecified atom stereocenters. The van der Waals surface area contributed by atoms with Crippen LogP contribution in [0.25, 0.3) is 10.9 Å². The number of amides is 1. The van der Waals surface area contributed by atoms with E-state index < -0.39 is 11.5 Å². The fourth-order valence-corrected chi connectivity index (χ4v) is 3.76. The van der Waals surface area contributed by atoms with Crippen molar-refractivity contribution in [2.75, 3.05) is 5.32 Å². The van der Waals surface area contributed by atoms with Gasteiger partial charge in [-0.05, 0) is 42.7 Å². The number of nitrogens with zero attached hydrogens (tertiary/aromatic N) is 4. The van der Waals surface area contributed by atoms with Crippen molar-refractivity contribution in [3.8, 4) is 17.9 Å². The summed E-state index contributed by atoms with van der Waals surface area (Å²) in [5, 5.41) is 30.0. The van der Waals surface area contributed by atoms with Crippen LogP contribution < -0.4 is 5.32 Å². The van der Waals surface area contributed by atoms with E-state index in [1.807, 2.05) is 18.2 Å². The summed E-state index contributed by atoms with van der Waals surface area (Å²) in [6.07, 6.45) is 4.33. The number of nitrogens with one attached hydrogen (secondary N) is 2. The number of anilines is 1. The minimum atomic E-state index is -1.28. The molecule has 32 heavy (non-hydrogen) atoms. The third-order valence-electron chi connectivity index (χ3n) is 5.35. The second-order valence-corrected chi connectivity index (χ2v) is 7.46. The van der Waals surface area contributed by atoms with Gasteiger partial charge in [0.15, 0.2) is 11.3 Å². The lowest BCUT2D eigenvalue weighted by atomic mass is 10.0. The number of rotatable bonds is 2. The second kappa shape index (κ2) is 7.62. The molecule has 3 aromatic heterocycles. The van der Waals surface area contributed by atoms with Gasteiger partial charge in [0.2, 0.25) is 0 Å². The normalized spacial score (nSPS) is 16.6. The highest BCUT2D eigenvalue weighted by atomic mass is 16.3. The van der Waals surface area contributed by atoms with Gasteiger partial charge < -0.3 is 10.4 Å². The Kier molecular flexibility index (Phi) is 4.63. The minimum absolute atomic E-state index is 0.177. The van der Waals surface area contributed by atoms with Crippen molar-refractivity contribution < 1.29 is 9.90 Å². The molecule has 1 aliphatic rings. The smallest absolute Gasteiger partial charge is 0.276 e. The summed E-state index contributed by atoms with van der Waals surface area (Å²) in [7, 11) is 0. The highest BCUT2D eigenvalue weighted by Crippen LogP contribution is 2.34. The van der Waals surface area contributed by atoms with Gasteiger partial charge in [0.05, 0.1) is 16.6 Å². The molecule has 8 heteroatoms. The highest BCUT2D eigenvalue weighted by molar-refractivity contribution is 6.11. The van der Waals surface area contributed by atoms with Crippen LogP contribution in [0.1, 0.15) is 39.4 Å². The van der Waals surface area contributed by atoms with E-state index in [4.69, 9.17) is 5.26 Å². The number of nitriles is 1. The Bertz CT molecular complexity index is 1470. The van der Waals surface area contributed by atoms with E-state index in [0.29, 0.717) is 34.3 Å². The van der Waals surface area contributed by atoms with E-state index in [1.54, 1.807) is 30.5 Å². The molecule has 0 spiro atoms. The lowest BCUT2D eigenvalue weighted by molar-refractivity contribution is 0.0981. The average molecular weight is 420 g/mol. The lowest BCUT2D eigenvalue weighted by Gasteiger charge is -2.15. The standard InChI is InChI=1S/C24H16N6O2/c25-13-18-12-20-19(14-27-18)21(30-29-20)23(31)28-17-5-1-3-15(11-17)6-8-24(32)9-7-16-4-2-10-26-22(16)24/h1-5,10-12,14,32H,7,9H2,(H,28,31)(H,29,30)/t24-/m0/s1. The van der Waals surface area contributed by atoms with Crippen molar-refractivity contribution in [3.63, 3.8) is 0 Å². The maximum Gasteiger partial charge on any atom is 0.276 e. The molecular formula is C24H16N6O2. The molecule has 0 saturated carbocycles. The molecule has 5 rings (SSSR count). The molecule has 0 saturated heterocycles. The Morgan fingerprint density at radius 1 is 1.22 bits per heavy atom. The first-order valence-electron chi connectivity index (χ1n) is 9.91. The third kappa shape index (κ3) is 3.45. The SMILES string of the molecule is N#Cc1cc2[nH]nc(C(=O)Nc3cccc(C#C[C@]4(O)CCc5cccnc54)c3)c2cn1. The predicted molar refractivity (Wildman–Crippen MR) is 116 cm³/mol. The summed E-state index contributed by atoms with van der Waals surface area (Å²) in [5.41, 5.74) is 2.49. The van der Waals surface area contributed by atoms with E-state index in [9.17, 15) is 9.90 Å². The van der Waals surface area contributed by atoms with E-state index in [1.165, 1.54) is 12.3 Å². The molecule has 0 aliphatic heterocycles. The number of benzene rings is 1. The first-order valence-corrected chi connectivity index (χ1v) is 9.91. The monoisotopic (exact) mass is 420 g/mol. The molecule has 3 heterocycles. The molecule has 0 fully saturated rings. The van der Waals surface area contributed by atoms with Crippen molar-refractivity contribution in [1.82, 2.24) is 20.2 Å². The van der Waals surface area contributed by atoms with Gasteiger partial charge in [-0.2, -0.15) is 10.4 Å². The number of aliphatic hydroxyl groups is 1. The van der Waals surface area contributed by atoms with Crippen LogP contribution in [-0.2, 0) is 12.0 Å². The Morgan fingerprint density at radius 2 is 2.12 bits per heavy atom. The largest absolute Gasteiger partial charge is 0.372 e. The van der Waals surface area contributed by atoms with Crippen LogP contribution in [0.15, 0.2) is 54.9 Å². The van der Waals surface area contributed by atoms with Gasteiger partial charge in [-0.25, -0.2) is 4.98 Å². The van der Waals surface area contributed by atoms with Gasteiger partial charge in [-0.3, -0.25) is 14.9 Å². The predicted octanol–water partition coefficient (Wildman–Crippen LogP) is 2.66. The number of H-pyrrole nitrogens is 1. The molecule has 1 atom stereocenters. The zero-order valence-corrected chi connectivity index (χ0v) is 16.8. The molecule has 0 radical (unpaired) electrons. The summed E-state index contributed by atoms with van der Waals surface area (Å²) in [5.74, 6) is 5.54. The van der Waals surface area contributed by atoms with Crippen molar-refractivity contribution >= 4 is 22.5 Å². The van der Waals surface area contributed by atoms with Gasteiger partial charge in [0.1, 0.15) is 11.8 Å². The van der Waals surface area contributed by atoms with Gasteiger partial charge in [-0.1, -0.05) is 24.0 Å². The zero-order valence-electron chi connectivity index (χ0n) is 16.8. The molecule has 1 amide bonds. The number of carbonyl (C=O) groups is 1. The maximum absolute atomic E-state index is 12.7. The number of aromatic amines is 1. The quantitative estimate of drug-likeness (QED) is 0.428. The van der Waals surface area contributed by atoms with E-state index >= 15 is 0 Å².